The molecule has 1 aromatic carbocycles. The Hall–Kier alpha value is -1.68. The molecular formula is C12H16N4. The molecule has 4 nitrogen and oxygen atoms in total. The van der Waals surface area contributed by atoms with Gasteiger partial charge in [-0.15, -0.1) is 5.10 Å². The summed E-state index contributed by atoms with van der Waals surface area (Å²) in [4.78, 5) is 0. The summed E-state index contributed by atoms with van der Waals surface area (Å²) in [5, 5.41) is 8.23. The monoisotopic (exact) mass is 216 g/mol. The number of nitrogens with zero attached hydrogens (tertiary/aromatic N) is 3. The van der Waals surface area contributed by atoms with Crippen molar-refractivity contribution in [2.24, 2.45) is 5.73 Å². The highest BCUT2D eigenvalue weighted by molar-refractivity contribution is 5.17. The van der Waals surface area contributed by atoms with Crippen molar-refractivity contribution < 1.29 is 0 Å². The van der Waals surface area contributed by atoms with Crippen LogP contribution in [0.4, 0.5) is 0 Å². The summed E-state index contributed by atoms with van der Waals surface area (Å²) in [7, 11) is 0. The first-order valence-corrected chi connectivity index (χ1v) is 5.50. The van der Waals surface area contributed by atoms with Gasteiger partial charge in [0, 0.05) is 6.54 Å². The van der Waals surface area contributed by atoms with Crippen LogP contribution < -0.4 is 5.73 Å². The summed E-state index contributed by atoms with van der Waals surface area (Å²) in [5.74, 6) is 0. The third-order valence-electron chi connectivity index (χ3n) is 2.62. The molecule has 0 bridgehead atoms. The van der Waals surface area contributed by atoms with Crippen molar-refractivity contribution in [2.45, 2.75) is 26.4 Å². The first kappa shape index (κ1) is 10.8. The molecule has 0 saturated heterocycles. The Bertz CT molecular complexity index is 447. The Morgan fingerprint density at radius 3 is 2.62 bits per heavy atom. The van der Waals surface area contributed by atoms with Crippen LogP contribution in [0, 0.1) is 0 Å². The molecule has 0 spiro atoms. The summed E-state index contributed by atoms with van der Waals surface area (Å²) in [6.07, 6.45) is 0.909. The fourth-order valence-electron chi connectivity index (χ4n) is 1.80. The second-order valence-electron chi connectivity index (χ2n) is 3.68. The van der Waals surface area contributed by atoms with Gasteiger partial charge in [0.25, 0.3) is 0 Å². The Morgan fingerprint density at radius 2 is 2.00 bits per heavy atom. The summed E-state index contributed by atoms with van der Waals surface area (Å²) >= 11 is 0. The van der Waals surface area contributed by atoms with E-state index in [1.807, 2.05) is 22.9 Å². The van der Waals surface area contributed by atoms with Crippen LogP contribution in [0.5, 0.6) is 0 Å². The maximum atomic E-state index is 5.62. The Kier molecular flexibility index (Phi) is 3.31. The van der Waals surface area contributed by atoms with Gasteiger partial charge in [-0.3, -0.25) is 0 Å². The molecule has 0 aliphatic rings. The highest BCUT2D eigenvalue weighted by Gasteiger charge is 2.09. The van der Waals surface area contributed by atoms with E-state index in [9.17, 15) is 0 Å². The number of nitrogens with two attached hydrogens (primary N) is 1. The molecule has 0 aliphatic carbocycles. The number of aromatic nitrogens is 3. The van der Waals surface area contributed by atoms with Crippen molar-refractivity contribution in [3.63, 3.8) is 0 Å². The molecule has 0 radical (unpaired) electrons. The Balaban J connectivity index is 2.25. The van der Waals surface area contributed by atoms with Crippen molar-refractivity contribution in [1.82, 2.24) is 15.0 Å². The molecule has 0 fully saturated rings. The van der Waals surface area contributed by atoms with E-state index < -0.39 is 0 Å². The van der Waals surface area contributed by atoms with Crippen molar-refractivity contribution in [2.75, 3.05) is 0 Å². The maximum Gasteiger partial charge on any atom is 0.0994 e. The zero-order chi connectivity index (χ0) is 11.4. The number of benzene rings is 1. The predicted molar refractivity (Wildman–Crippen MR) is 62.8 cm³/mol. The summed E-state index contributed by atoms with van der Waals surface area (Å²) in [5.41, 5.74) is 8.88. The zero-order valence-electron chi connectivity index (χ0n) is 9.43. The van der Waals surface area contributed by atoms with Gasteiger partial charge in [-0.2, -0.15) is 0 Å². The van der Waals surface area contributed by atoms with Gasteiger partial charge in [0.15, 0.2) is 0 Å². The number of hydrogen-bond donors (Lipinski definition) is 1. The Labute approximate surface area is 95.1 Å². The zero-order valence-corrected chi connectivity index (χ0v) is 9.43. The van der Waals surface area contributed by atoms with Crippen LogP contribution in [0.3, 0.4) is 0 Å². The van der Waals surface area contributed by atoms with Crippen molar-refractivity contribution in [3.8, 4) is 0 Å². The minimum Gasteiger partial charge on any atom is -0.325 e. The fourth-order valence-corrected chi connectivity index (χ4v) is 1.80. The lowest BCUT2D eigenvalue weighted by atomic mass is 10.2. The van der Waals surface area contributed by atoms with Crippen LogP contribution in [0.2, 0.25) is 0 Å². The first-order valence-electron chi connectivity index (χ1n) is 5.50. The molecule has 0 aliphatic heterocycles. The number of hydrogen-bond acceptors (Lipinski definition) is 3. The lowest BCUT2D eigenvalue weighted by Crippen LogP contribution is -2.07. The molecule has 1 aromatic heterocycles. The highest BCUT2D eigenvalue weighted by atomic mass is 15.4. The average Bonchev–Trinajstić information content (AvgIpc) is 2.72. The van der Waals surface area contributed by atoms with Gasteiger partial charge >= 0.3 is 0 Å². The van der Waals surface area contributed by atoms with Gasteiger partial charge in [0.05, 0.1) is 17.9 Å². The quantitative estimate of drug-likeness (QED) is 0.839. The minimum atomic E-state index is 0.456. The van der Waals surface area contributed by atoms with Gasteiger partial charge in [0.1, 0.15) is 0 Å². The summed E-state index contributed by atoms with van der Waals surface area (Å²) in [6.45, 7) is 3.31. The maximum absolute atomic E-state index is 5.62. The minimum absolute atomic E-state index is 0.456. The smallest absolute Gasteiger partial charge is 0.0994 e. The molecule has 84 valence electrons. The van der Waals surface area contributed by atoms with E-state index in [0.29, 0.717) is 6.54 Å². The van der Waals surface area contributed by atoms with Crippen LogP contribution in [0.15, 0.2) is 30.3 Å². The van der Waals surface area contributed by atoms with E-state index in [4.69, 9.17) is 5.73 Å². The Morgan fingerprint density at radius 1 is 1.25 bits per heavy atom. The second-order valence-corrected chi connectivity index (χ2v) is 3.68. The van der Waals surface area contributed by atoms with E-state index in [1.54, 1.807) is 0 Å². The average molecular weight is 216 g/mol. The predicted octanol–water partition coefficient (Wildman–Crippen LogP) is 1.35. The molecule has 16 heavy (non-hydrogen) atoms. The summed E-state index contributed by atoms with van der Waals surface area (Å²) < 4.78 is 1.93. The van der Waals surface area contributed by atoms with E-state index in [0.717, 1.165) is 24.4 Å². The molecule has 2 N–H and O–H groups in total. The van der Waals surface area contributed by atoms with Crippen LogP contribution in [0.1, 0.15) is 23.9 Å². The molecule has 2 aromatic rings. The lowest BCUT2D eigenvalue weighted by molar-refractivity contribution is 0.622. The molecule has 0 amide bonds. The van der Waals surface area contributed by atoms with E-state index in [-0.39, 0.29) is 0 Å². The van der Waals surface area contributed by atoms with Gasteiger partial charge in [0.2, 0.25) is 0 Å². The standard InChI is InChI=1S/C12H16N4/c1-2-12-11(8-13)14-15-16(12)9-10-6-4-3-5-7-10/h3-7H,2,8-9,13H2,1H3. The highest BCUT2D eigenvalue weighted by Crippen LogP contribution is 2.09. The van der Waals surface area contributed by atoms with E-state index in [1.165, 1.54) is 5.56 Å². The molecule has 0 atom stereocenters. The SMILES string of the molecule is CCc1c(CN)nnn1Cc1ccccc1. The van der Waals surface area contributed by atoms with Gasteiger partial charge < -0.3 is 5.73 Å². The van der Waals surface area contributed by atoms with Gasteiger partial charge in [-0.1, -0.05) is 42.5 Å². The topological polar surface area (TPSA) is 56.7 Å². The number of rotatable bonds is 4. The molecule has 0 saturated carbocycles. The van der Waals surface area contributed by atoms with Crippen LogP contribution in [-0.4, -0.2) is 15.0 Å². The van der Waals surface area contributed by atoms with E-state index >= 15 is 0 Å². The fraction of sp³-hybridized carbons (Fsp3) is 0.333. The second kappa shape index (κ2) is 4.90. The molecule has 1 heterocycles. The molecule has 2 rings (SSSR count). The van der Waals surface area contributed by atoms with Crippen LogP contribution in [0.25, 0.3) is 0 Å². The molecule has 0 unspecified atom stereocenters. The van der Waals surface area contributed by atoms with Crippen LogP contribution in [-0.2, 0) is 19.5 Å². The van der Waals surface area contributed by atoms with Crippen molar-refractivity contribution >= 4 is 0 Å². The molecular weight excluding hydrogens is 200 g/mol. The summed E-state index contributed by atoms with van der Waals surface area (Å²) in [6, 6.07) is 10.2. The first-order chi connectivity index (χ1) is 7.85. The third kappa shape index (κ3) is 2.12. The lowest BCUT2D eigenvalue weighted by Gasteiger charge is -2.05. The normalized spacial score (nSPS) is 10.6. The van der Waals surface area contributed by atoms with E-state index in [2.05, 4.69) is 29.4 Å². The van der Waals surface area contributed by atoms with Crippen molar-refractivity contribution in [3.05, 3.63) is 47.3 Å². The largest absolute Gasteiger partial charge is 0.325 e. The van der Waals surface area contributed by atoms with Crippen LogP contribution >= 0.6 is 0 Å². The van der Waals surface area contributed by atoms with Gasteiger partial charge in [-0.05, 0) is 12.0 Å². The molecule has 4 heteroatoms. The van der Waals surface area contributed by atoms with Gasteiger partial charge in [-0.25, -0.2) is 4.68 Å². The van der Waals surface area contributed by atoms with Crippen molar-refractivity contribution in [1.29, 1.82) is 0 Å². The third-order valence-corrected chi connectivity index (χ3v) is 2.62.